The van der Waals surface area contributed by atoms with Gasteiger partial charge in [-0.25, -0.2) is 4.39 Å². The number of aliphatic hydroxyl groups excluding tert-OH is 2. The van der Waals surface area contributed by atoms with Gasteiger partial charge in [-0.15, -0.1) is 0 Å². The first kappa shape index (κ1) is 12.7. The van der Waals surface area contributed by atoms with Crippen molar-refractivity contribution in [2.75, 3.05) is 6.54 Å². The lowest BCUT2D eigenvalue weighted by Crippen LogP contribution is -2.21. The van der Waals surface area contributed by atoms with Crippen LogP contribution in [-0.4, -0.2) is 22.9 Å². The Kier molecular flexibility index (Phi) is 4.52. The van der Waals surface area contributed by atoms with Crippen LogP contribution in [0.25, 0.3) is 10.4 Å². The second-order valence-electron chi connectivity index (χ2n) is 3.07. The highest BCUT2D eigenvalue weighted by molar-refractivity contribution is 6.31. The zero-order chi connectivity index (χ0) is 12.1. The monoisotopic (exact) mass is 245 g/mol. The van der Waals surface area contributed by atoms with E-state index in [4.69, 9.17) is 17.1 Å². The number of benzene rings is 1. The Labute approximate surface area is 95.7 Å². The largest absolute Gasteiger partial charge is 0.390 e. The van der Waals surface area contributed by atoms with Crippen LogP contribution in [0.2, 0.25) is 5.02 Å². The molecule has 86 valence electrons. The minimum absolute atomic E-state index is 0.0577. The van der Waals surface area contributed by atoms with Crippen molar-refractivity contribution in [3.8, 4) is 0 Å². The van der Waals surface area contributed by atoms with Gasteiger partial charge < -0.3 is 10.2 Å². The second-order valence-corrected chi connectivity index (χ2v) is 3.45. The van der Waals surface area contributed by atoms with Crippen LogP contribution in [0.5, 0.6) is 0 Å². The van der Waals surface area contributed by atoms with Crippen molar-refractivity contribution in [2.45, 2.75) is 12.2 Å². The van der Waals surface area contributed by atoms with E-state index < -0.39 is 18.0 Å². The number of hydrogen-bond donors (Lipinski definition) is 2. The Balaban J connectivity index is 2.91. The van der Waals surface area contributed by atoms with E-state index in [9.17, 15) is 14.6 Å². The average molecular weight is 246 g/mol. The number of nitrogens with zero attached hydrogens (tertiary/aromatic N) is 3. The molecule has 0 aromatic heterocycles. The molecular formula is C9H9ClFN3O2. The fourth-order valence-corrected chi connectivity index (χ4v) is 1.41. The molecule has 1 aromatic rings. The minimum Gasteiger partial charge on any atom is -0.390 e. The van der Waals surface area contributed by atoms with Crippen molar-refractivity contribution < 1.29 is 14.6 Å². The summed E-state index contributed by atoms with van der Waals surface area (Å²) < 4.78 is 13.0. The predicted octanol–water partition coefficient (Wildman–Crippen LogP) is 2.18. The maximum absolute atomic E-state index is 13.0. The highest BCUT2D eigenvalue weighted by Crippen LogP contribution is 2.27. The number of hydrogen-bond acceptors (Lipinski definition) is 3. The second kappa shape index (κ2) is 5.67. The molecule has 0 aliphatic carbocycles. The van der Waals surface area contributed by atoms with E-state index in [0.717, 1.165) is 6.07 Å². The van der Waals surface area contributed by atoms with Gasteiger partial charge in [0.25, 0.3) is 0 Å². The molecule has 0 aliphatic rings. The van der Waals surface area contributed by atoms with E-state index >= 15 is 0 Å². The molecule has 0 heterocycles. The fourth-order valence-electron chi connectivity index (χ4n) is 1.18. The maximum Gasteiger partial charge on any atom is 0.142 e. The molecule has 0 radical (unpaired) electrons. The van der Waals surface area contributed by atoms with Crippen LogP contribution in [0.3, 0.4) is 0 Å². The fraction of sp³-hybridized carbons (Fsp3) is 0.333. The first-order valence-electron chi connectivity index (χ1n) is 4.38. The number of aliphatic hydroxyl groups is 2. The van der Waals surface area contributed by atoms with Crippen molar-refractivity contribution in [2.24, 2.45) is 5.11 Å². The first-order chi connectivity index (χ1) is 7.57. The van der Waals surface area contributed by atoms with Crippen molar-refractivity contribution in [1.82, 2.24) is 0 Å². The van der Waals surface area contributed by atoms with Gasteiger partial charge in [0.15, 0.2) is 0 Å². The summed E-state index contributed by atoms with van der Waals surface area (Å²) >= 11 is 5.62. The highest BCUT2D eigenvalue weighted by atomic mass is 35.5. The van der Waals surface area contributed by atoms with Crippen molar-refractivity contribution >= 4 is 11.6 Å². The first-order valence-corrected chi connectivity index (χ1v) is 4.76. The summed E-state index contributed by atoms with van der Waals surface area (Å²) in [5, 5.41) is 21.9. The van der Waals surface area contributed by atoms with E-state index in [1.54, 1.807) is 0 Å². The highest BCUT2D eigenvalue weighted by Gasteiger charge is 2.21. The quantitative estimate of drug-likeness (QED) is 0.484. The molecule has 1 rings (SSSR count). The van der Waals surface area contributed by atoms with Gasteiger partial charge >= 0.3 is 0 Å². The molecule has 16 heavy (non-hydrogen) atoms. The van der Waals surface area contributed by atoms with Gasteiger partial charge in [0, 0.05) is 10.5 Å². The van der Waals surface area contributed by atoms with Gasteiger partial charge in [0.05, 0.1) is 17.7 Å². The number of azide groups is 1. The van der Waals surface area contributed by atoms with Crippen LogP contribution in [0.1, 0.15) is 11.7 Å². The van der Waals surface area contributed by atoms with Crippen molar-refractivity contribution in [1.29, 1.82) is 0 Å². The lowest BCUT2D eigenvalue weighted by Gasteiger charge is -2.17. The summed E-state index contributed by atoms with van der Waals surface area (Å²) in [5.74, 6) is -0.686. The summed E-state index contributed by atoms with van der Waals surface area (Å²) in [7, 11) is 0. The maximum atomic E-state index is 13.0. The van der Waals surface area contributed by atoms with Gasteiger partial charge in [0.2, 0.25) is 0 Å². The third kappa shape index (κ3) is 2.84. The molecule has 0 aliphatic heterocycles. The molecule has 2 atom stereocenters. The molecule has 0 saturated heterocycles. The summed E-state index contributed by atoms with van der Waals surface area (Å²) in [6.07, 6.45) is -2.72. The van der Waals surface area contributed by atoms with Gasteiger partial charge in [0.1, 0.15) is 11.9 Å². The molecule has 0 saturated carbocycles. The molecule has 2 N–H and O–H groups in total. The Hall–Kier alpha value is -1.33. The SMILES string of the molecule is [N-]=[N+]=NCC(O)C(O)c1cccc(F)c1Cl. The Morgan fingerprint density at radius 2 is 2.19 bits per heavy atom. The molecule has 7 heteroatoms. The van der Waals surface area contributed by atoms with E-state index in [-0.39, 0.29) is 17.1 Å². The van der Waals surface area contributed by atoms with Crippen LogP contribution in [0.4, 0.5) is 4.39 Å². The Morgan fingerprint density at radius 3 is 2.81 bits per heavy atom. The van der Waals surface area contributed by atoms with E-state index in [1.807, 2.05) is 0 Å². The number of rotatable bonds is 4. The zero-order valence-corrected chi connectivity index (χ0v) is 8.84. The molecule has 0 bridgehead atoms. The smallest absolute Gasteiger partial charge is 0.142 e. The molecule has 0 fully saturated rings. The van der Waals surface area contributed by atoms with Crippen LogP contribution in [0.15, 0.2) is 23.3 Å². The minimum atomic E-state index is -1.39. The van der Waals surface area contributed by atoms with E-state index in [2.05, 4.69) is 10.0 Å². The Bertz CT molecular complexity index is 423. The van der Waals surface area contributed by atoms with Crippen LogP contribution >= 0.6 is 11.6 Å². The third-order valence-corrected chi connectivity index (χ3v) is 2.40. The normalized spacial score (nSPS) is 14.0. The predicted molar refractivity (Wildman–Crippen MR) is 56.4 cm³/mol. The molecule has 0 spiro atoms. The molecule has 0 amide bonds. The molecule has 1 aromatic carbocycles. The van der Waals surface area contributed by atoms with Crippen LogP contribution in [-0.2, 0) is 0 Å². The Morgan fingerprint density at radius 1 is 1.50 bits per heavy atom. The average Bonchev–Trinajstić information content (AvgIpc) is 2.28. The van der Waals surface area contributed by atoms with Gasteiger partial charge in [-0.3, -0.25) is 0 Å². The molecular weight excluding hydrogens is 237 g/mol. The summed E-state index contributed by atoms with van der Waals surface area (Å²) in [4.78, 5) is 2.44. The summed E-state index contributed by atoms with van der Waals surface area (Å²) in [6, 6.07) is 3.88. The van der Waals surface area contributed by atoms with Crippen molar-refractivity contribution in [3.05, 3.63) is 45.0 Å². The standard InChI is InChI=1S/C9H9ClFN3O2/c10-8-5(2-1-3-6(8)11)9(16)7(15)4-13-14-12/h1-3,7,9,15-16H,4H2. The lowest BCUT2D eigenvalue weighted by molar-refractivity contribution is 0.0243. The van der Waals surface area contributed by atoms with E-state index in [1.165, 1.54) is 12.1 Å². The van der Waals surface area contributed by atoms with E-state index in [0.29, 0.717) is 0 Å². The van der Waals surface area contributed by atoms with Crippen LogP contribution < -0.4 is 0 Å². The topological polar surface area (TPSA) is 89.2 Å². The molecule has 5 nitrogen and oxygen atoms in total. The van der Waals surface area contributed by atoms with Crippen LogP contribution in [0, 0.1) is 5.82 Å². The van der Waals surface area contributed by atoms with Crippen molar-refractivity contribution in [3.63, 3.8) is 0 Å². The van der Waals surface area contributed by atoms with Gasteiger partial charge in [-0.2, -0.15) is 0 Å². The molecule has 2 unspecified atom stereocenters. The number of halogens is 2. The lowest BCUT2D eigenvalue weighted by atomic mass is 10.0. The van der Waals surface area contributed by atoms with Gasteiger partial charge in [-0.1, -0.05) is 28.8 Å². The zero-order valence-electron chi connectivity index (χ0n) is 8.09. The van der Waals surface area contributed by atoms with Gasteiger partial charge in [-0.05, 0) is 11.6 Å². The summed E-state index contributed by atoms with van der Waals surface area (Å²) in [5.41, 5.74) is 8.10. The third-order valence-electron chi connectivity index (χ3n) is 2.00. The summed E-state index contributed by atoms with van der Waals surface area (Å²) in [6.45, 7) is -0.315.